The minimum atomic E-state index is -4.05. The highest BCUT2D eigenvalue weighted by Gasteiger charge is 2.24. The van der Waals surface area contributed by atoms with E-state index in [-0.39, 0.29) is 4.90 Å². The van der Waals surface area contributed by atoms with Gasteiger partial charge in [0.1, 0.15) is 18.3 Å². The maximum atomic E-state index is 12.3. The number of hydrogen-bond donors (Lipinski definition) is 4. The third-order valence-corrected chi connectivity index (χ3v) is 4.34. The van der Waals surface area contributed by atoms with Gasteiger partial charge < -0.3 is 20.5 Å². The number of rotatable bonds is 8. The Morgan fingerprint density at radius 1 is 1.15 bits per heavy atom. The van der Waals surface area contributed by atoms with Crippen LogP contribution < -0.4 is 15.4 Å². The van der Waals surface area contributed by atoms with Crippen LogP contribution in [0.25, 0.3) is 0 Å². The zero-order valence-corrected chi connectivity index (χ0v) is 16.0. The molecule has 4 N–H and O–H groups in total. The Kier molecular flexibility index (Phi) is 7.73. The molecule has 11 heteroatoms. The lowest BCUT2D eigenvalue weighted by molar-refractivity contribution is -0.137. The molecule has 0 unspecified atom stereocenters. The maximum absolute atomic E-state index is 12.3. The van der Waals surface area contributed by atoms with Crippen molar-refractivity contribution in [2.45, 2.75) is 43.9 Å². The van der Waals surface area contributed by atoms with Gasteiger partial charge in [0.15, 0.2) is 0 Å². The predicted molar refractivity (Wildman–Crippen MR) is 95.2 cm³/mol. The fourth-order valence-corrected chi connectivity index (χ4v) is 3.03. The maximum Gasteiger partial charge on any atom is 0.408 e. The number of ether oxygens (including phenoxy) is 1. The van der Waals surface area contributed by atoms with Crippen LogP contribution in [-0.4, -0.2) is 49.8 Å². The van der Waals surface area contributed by atoms with Crippen LogP contribution in [0, 0.1) is 0 Å². The van der Waals surface area contributed by atoms with Crippen molar-refractivity contribution in [1.29, 1.82) is 0 Å². The Labute approximate surface area is 157 Å². The Morgan fingerprint density at radius 3 is 2.26 bits per heavy atom. The minimum absolute atomic E-state index is 0.0819. The van der Waals surface area contributed by atoms with Crippen LogP contribution in [0.2, 0.25) is 0 Å². The third-order valence-electron chi connectivity index (χ3n) is 2.86. The van der Waals surface area contributed by atoms with Crippen LogP contribution in [0.15, 0.2) is 35.2 Å². The van der Waals surface area contributed by atoms with Crippen molar-refractivity contribution in [1.82, 2.24) is 15.4 Å². The average molecular weight is 401 g/mol. The van der Waals surface area contributed by atoms with Gasteiger partial charge in [0.2, 0.25) is 15.9 Å². The first kappa shape index (κ1) is 22.4. The minimum Gasteiger partial charge on any atom is -0.481 e. The van der Waals surface area contributed by atoms with Gasteiger partial charge in [-0.3, -0.25) is 9.59 Å². The zero-order valence-electron chi connectivity index (χ0n) is 15.2. The van der Waals surface area contributed by atoms with Crippen LogP contribution in [-0.2, 0) is 24.3 Å². The molecule has 0 spiro atoms. The SMILES string of the molecule is CC(C)(C)OC(=O)NCC(=O)N[C@H](CC(=O)O)NS(=O)(=O)c1ccccc1. The van der Waals surface area contributed by atoms with Gasteiger partial charge in [0.25, 0.3) is 0 Å². The van der Waals surface area contributed by atoms with Gasteiger partial charge in [-0.25, -0.2) is 13.2 Å². The van der Waals surface area contributed by atoms with Gasteiger partial charge in [-0.05, 0) is 32.9 Å². The summed E-state index contributed by atoms with van der Waals surface area (Å²) in [5.41, 5.74) is -0.752. The molecular weight excluding hydrogens is 378 g/mol. The number of benzene rings is 1. The second kappa shape index (κ2) is 9.33. The molecule has 0 aromatic heterocycles. The van der Waals surface area contributed by atoms with Gasteiger partial charge in [0.05, 0.1) is 11.3 Å². The summed E-state index contributed by atoms with van der Waals surface area (Å²) >= 11 is 0. The van der Waals surface area contributed by atoms with Crippen molar-refractivity contribution in [2.75, 3.05) is 6.54 Å². The standard InChI is InChI=1S/C16H23N3O7S/c1-16(2,3)26-15(23)17-10-13(20)18-12(9-14(21)22)19-27(24,25)11-7-5-4-6-8-11/h4-8,12,19H,9-10H2,1-3H3,(H,17,23)(H,18,20)(H,21,22)/t12-/m0/s1. The summed E-state index contributed by atoms with van der Waals surface area (Å²) in [5, 5.41) is 13.3. The highest BCUT2D eigenvalue weighted by atomic mass is 32.2. The fourth-order valence-electron chi connectivity index (χ4n) is 1.86. The molecule has 0 aliphatic heterocycles. The molecular formula is C16H23N3O7S. The molecule has 0 aliphatic rings. The first-order valence-corrected chi connectivity index (χ1v) is 9.43. The van der Waals surface area contributed by atoms with Crippen LogP contribution in [0.1, 0.15) is 27.2 Å². The Morgan fingerprint density at radius 2 is 1.74 bits per heavy atom. The van der Waals surface area contributed by atoms with Crippen molar-refractivity contribution in [2.24, 2.45) is 0 Å². The van der Waals surface area contributed by atoms with E-state index in [2.05, 4.69) is 15.4 Å². The Hall–Kier alpha value is -2.66. The summed E-state index contributed by atoms with van der Waals surface area (Å²) in [6.07, 6.45) is -2.93. The van der Waals surface area contributed by atoms with Gasteiger partial charge in [-0.1, -0.05) is 18.2 Å². The van der Waals surface area contributed by atoms with Crippen LogP contribution in [0.4, 0.5) is 4.79 Å². The van der Waals surface area contributed by atoms with Gasteiger partial charge in [-0.2, -0.15) is 4.72 Å². The van der Waals surface area contributed by atoms with Crippen LogP contribution in [0.5, 0.6) is 0 Å². The monoisotopic (exact) mass is 401 g/mol. The molecule has 0 saturated carbocycles. The molecule has 0 heterocycles. The number of aliphatic carboxylic acids is 1. The molecule has 0 bridgehead atoms. The molecule has 0 aliphatic carbocycles. The highest BCUT2D eigenvalue weighted by molar-refractivity contribution is 7.89. The van der Waals surface area contributed by atoms with Crippen molar-refractivity contribution >= 4 is 28.0 Å². The van der Waals surface area contributed by atoms with E-state index in [0.29, 0.717) is 0 Å². The van der Waals surface area contributed by atoms with E-state index < -0.39 is 52.7 Å². The van der Waals surface area contributed by atoms with E-state index >= 15 is 0 Å². The van der Waals surface area contributed by atoms with E-state index in [1.807, 2.05) is 0 Å². The quantitative estimate of drug-likeness (QED) is 0.460. The highest BCUT2D eigenvalue weighted by Crippen LogP contribution is 2.08. The third kappa shape index (κ3) is 9.01. The van der Waals surface area contributed by atoms with Gasteiger partial charge >= 0.3 is 12.1 Å². The van der Waals surface area contributed by atoms with E-state index in [1.54, 1.807) is 26.8 Å². The second-order valence-corrected chi connectivity index (χ2v) is 8.22. The number of carboxylic acids is 1. The lowest BCUT2D eigenvalue weighted by Gasteiger charge is -2.21. The fraction of sp³-hybridized carbons (Fsp3) is 0.438. The normalized spacial score (nSPS) is 12.7. The van der Waals surface area contributed by atoms with Crippen LogP contribution >= 0.6 is 0 Å². The molecule has 10 nitrogen and oxygen atoms in total. The number of nitrogens with one attached hydrogen (secondary N) is 3. The Balaban J connectivity index is 2.71. The first-order valence-electron chi connectivity index (χ1n) is 7.94. The second-order valence-electron chi connectivity index (χ2n) is 6.51. The number of alkyl carbamates (subject to hydrolysis) is 1. The molecule has 1 aromatic rings. The topological polar surface area (TPSA) is 151 Å². The molecule has 27 heavy (non-hydrogen) atoms. The largest absolute Gasteiger partial charge is 0.481 e. The van der Waals surface area contributed by atoms with E-state index in [1.165, 1.54) is 24.3 Å². The first-order chi connectivity index (χ1) is 12.4. The molecule has 0 fully saturated rings. The molecule has 1 rings (SSSR count). The summed E-state index contributed by atoms with van der Waals surface area (Å²) in [5.74, 6) is -2.11. The van der Waals surface area contributed by atoms with E-state index in [4.69, 9.17) is 9.84 Å². The molecule has 1 atom stereocenters. The smallest absolute Gasteiger partial charge is 0.408 e. The number of carbonyl (C=O) groups excluding carboxylic acids is 2. The van der Waals surface area contributed by atoms with Gasteiger partial charge in [0, 0.05) is 0 Å². The number of hydrogen-bond acceptors (Lipinski definition) is 6. The summed E-state index contributed by atoms with van der Waals surface area (Å²) in [7, 11) is -4.05. The summed E-state index contributed by atoms with van der Waals surface area (Å²) in [6.45, 7) is 4.42. The molecule has 150 valence electrons. The summed E-state index contributed by atoms with van der Waals surface area (Å²) in [6, 6.07) is 7.28. The van der Waals surface area contributed by atoms with Crippen molar-refractivity contribution in [3.05, 3.63) is 30.3 Å². The summed E-state index contributed by atoms with van der Waals surface area (Å²) < 4.78 is 31.6. The average Bonchev–Trinajstić information content (AvgIpc) is 2.51. The number of carbonyl (C=O) groups is 3. The number of carboxylic acid groups (broad SMARTS) is 1. The Bertz CT molecular complexity index is 773. The van der Waals surface area contributed by atoms with Crippen molar-refractivity contribution in [3.63, 3.8) is 0 Å². The summed E-state index contributed by atoms with van der Waals surface area (Å²) in [4.78, 5) is 34.3. The number of sulfonamides is 1. The lowest BCUT2D eigenvalue weighted by atomic mass is 10.2. The van der Waals surface area contributed by atoms with Crippen molar-refractivity contribution < 1.29 is 32.6 Å². The van der Waals surface area contributed by atoms with Gasteiger partial charge in [-0.15, -0.1) is 0 Å². The number of amides is 2. The molecule has 0 radical (unpaired) electrons. The predicted octanol–water partition coefficient (Wildman–Crippen LogP) is 0.407. The molecule has 0 saturated heterocycles. The molecule has 1 aromatic carbocycles. The lowest BCUT2D eigenvalue weighted by Crippen LogP contribution is -2.51. The zero-order chi connectivity index (χ0) is 20.7. The van der Waals surface area contributed by atoms with Crippen molar-refractivity contribution in [3.8, 4) is 0 Å². The van der Waals surface area contributed by atoms with E-state index in [0.717, 1.165) is 0 Å². The van der Waals surface area contributed by atoms with Crippen LogP contribution in [0.3, 0.4) is 0 Å². The molecule has 2 amide bonds. The van der Waals surface area contributed by atoms with E-state index in [9.17, 15) is 22.8 Å².